The quantitative estimate of drug-likeness (QED) is 0.866. The average molecular weight is 233 g/mol. The summed E-state index contributed by atoms with van der Waals surface area (Å²) in [6.07, 6.45) is 3.26. The predicted molar refractivity (Wildman–Crippen MR) is 71.5 cm³/mol. The van der Waals surface area contributed by atoms with Crippen molar-refractivity contribution in [2.24, 2.45) is 0 Å². The molecule has 0 amide bonds. The van der Waals surface area contributed by atoms with Gasteiger partial charge >= 0.3 is 0 Å². The van der Waals surface area contributed by atoms with Gasteiger partial charge in [-0.2, -0.15) is 0 Å². The monoisotopic (exact) mass is 233 g/mol. The first kappa shape index (κ1) is 12.6. The first-order chi connectivity index (χ1) is 8.17. The van der Waals surface area contributed by atoms with Crippen molar-refractivity contribution in [3.63, 3.8) is 0 Å². The van der Waals surface area contributed by atoms with Gasteiger partial charge in [-0.1, -0.05) is 18.2 Å². The second-order valence-corrected chi connectivity index (χ2v) is 5.18. The number of ether oxygens (including phenoxy) is 1. The molecule has 0 aromatic heterocycles. The molecular weight excluding hydrogens is 210 g/mol. The van der Waals surface area contributed by atoms with Gasteiger partial charge in [0.25, 0.3) is 0 Å². The van der Waals surface area contributed by atoms with Crippen LogP contribution in [0, 0.1) is 13.8 Å². The summed E-state index contributed by atoms with van der Waals surface area (Å²) in [6, 6.07) is 6.54. The molecule has 17 heavy (non-hydrogen) atoms. The Morgan fingerprint density at radius 2 is 1.76 bits per heavy atom. The van der Waals surface area contributed by atoms with E-state index in [-0.39, 0.29) is 5.60 Å². The van der Waals surface area contributed by atoms with Gasteiger partial charge in [0.15, 0.2) is 0 Å². The lowest BCUT2D eigenvalue weighted by Crippen LogP contribution is -2.45. The summed E-state index contributed by atoms with van der Waals surface area (Å²) < 4.78 is 5.85. The molecular formula is C15H23NO. The summed E-state index contributed by atoms with van der Waals surface area (Å²) in [7, 11) is 1.86. The van der Waals surface area contributed by atoms with Crippen molar-refractivity contribution in [1.82, 2.24) is 5.32 Å². The number of nitrogens with one attached hydrogen (secondary N) is 1. The minimum Gasteiger partial charge on any atom is -0.378 e. The van der Waals surface area contributed by atoms with Crippen molar-refractivity contribution in [2.75, 3.05) is 20.2 Å². The van der Waals surface area contributed by atoms with E-state index in [9.17, 15) is 0 Å². The van der Waals surface area contributed by atoms with Gasteiger partial charge in [-0.15, -0.1) is 0 Å². The SMILES string of the molecule is COC1(Cc2c(C)cccc2C)CCNCC1. The topological polar surface area (TPSA) is 21.3 Å². The zero-order valence-electron chi connectivity index (χ0n) is 11.2. The molecule has 0 spiro atoms. The largest absolute Gasteiger partial charge is 0.378 e. The molecule has 0 atom stereocenters. The molecule has 1 fully saturated rings. The van der Waals surface area contributed by atoms with E-state index in [4.69, 9.17) is 4.74 Å². The molecule has 0 radical (unpaired) electrons. The Bertz CT molecular complexity index is 360. The zero-order chi connectivity index (χ0) is 12.3. The lowest BCUT2D eigenvalue weighted by Gasteiger charge is -2.37. The summed E-state index contributed by atoms with van der Waals surface area (Å²) in [6.45, 7) is 6.54. The van der Waals surface area contributed by atoms with E-state index in [1.165, 1.54) is 16.7 Å². The van der Waals surface area contributed by atoms with Crippen molar-refractivity contribution in [1.29, 1.82) is 0 Å². The number of piperidine rings is 1. The normalized spacial score (nSPS) is 19.2. The fraction of sp³-hybridized carbons (Fsp3) is 0.600. The highest BCUT2D eigenvalue weighted by atomic mass is 16.5. The van der Waals surface area contributed by atoms with Crippen LogP contribution < -0.4 is 5.32 Å². The van der Waals surface area contributed by atoms with Gasteiger partial charge in [-0.3, -0.25) is 0 Å². The maximum Gasteiger partial charge on any atom is 0.0743 e. The molecule has 1 heterocycles. The van der Waals surface area contributed by atoms with E-state index in [0.29, 0.717) is 0 Å². The first-order valence-corrected chi connectivity index (χ1v) is 6.48. The van der Waals surface area contributed by atoms with Crippen LogP contribution in [0.3, 0.4) is 0 Å². The standard InChI is InChI=1S/C15H23NO/c1-12-5-4-6-13(2)14(12)11-15(17-3)7-9-16-10-8-15/h4-6,16H,7-11H2,1-3H3. The van der Waals surface area contributed by atoms with Crippen LogP contribution in [0.25, 0.3) is 0 Å². The molecule has 1 N–H and O–H groups in total. The molecule has 1 aromatic carbocycles. The maximum absolute atomic E-state index is 5.85. The Morgan fingerprint density at radius 1 is 1.18 bits per heavy atom. The lowest BCUT2D eigenvalue weighted by atomic mass is 9.83. The average Bonchev–Trinajstić information content (AvgIpc) is 2.35. The Labute approximate surface area is 104 Å². The van der Waals surface area contributed by atoms with Gasteiger partial charge < -0.3 is 10.1 Å². The van der Waals surface area contributed by atoms with Gasteiger partial charge in [0.05, 0.1) is 5.60 Å². The molecule has 2 heteroatoms. The third kappa shape index (κ3) is 2.70. The molecule has 0 saturated carbocycles. The summed E-state index contributed by atoms with van der Waals surface area (Å²) >= 11 is 0. The van der Waals surface area contributed by atoms with E-state index in [1.54, 1.807) is 0 Å². The van der Waals surface area contributed by atoms with Crippen LogP contribution in [0.2, 0.25) is 0 Å². The molecule has 1 saturated heterocycles. The highest BCUT2D eigenvalue weighted by molar-refractivity contribution is 5.34. The van der Waals surface area contributed by atoms with Crippen LogP contribution >= 0.6 is 0 Å². The van der Waals surface area contributed by atoms with E-state index < -0.39 is 0 Å². The summed E-state index contributed by atoms with van der Waals surface area (Å²) in [5.41, 5.74) is 4.29. The van der Waals surface area contributed by atoms with Crippen LogP contribution in [-0.4, -0.2) is 25.8 Å². The minimum absolute atomic E-state index is 0.0438. The first-order valence-electron chi connectivity index (χ1n) is 6.48. The molecule has 94 valence electrons. The van der Waals surface area contributed by atoms with E-state index in [0.717, 1.165) is 32.4 Å². The van der Waals surface area contributed by atoms with Crippen LogP contribution in [0.5, 0.6) is 0 Å². The summed E-state index contributed by atoms with van der Waals surface area (Å²) in [5, 5.41) is 3.41. The van der Waals surface area contributed by atoms with Gasteiger partial charge in [-0.25, -0.2) is 0 Å². The van der Waals surface area contributed by atoms with Crippen molar-refractivity contribution in [3.8, 4) is 0 Å². The molecule has 0 bridgehead atoms. The molecule has 2 rings (SSSR count). The van der Waals surface area contributed by atoms with Crippen molar-refractivity contribution >= 4 is 0 Å². The number of hydrogen-bond donors (Lipinski definition) is 1. The van der Waals surface area contributed by atoms with Crippen molar-refractivity contribution in [2.45, 2.75) is 38.7 Å². The molecule has 1 aromatic rings. The fourth-order valence-electron chi connectivity index (χ4n) is 2.79. The van der Waals surface area contributed by atoms with E-state index >= 15 is 0 Å². The molecule has 2 nitrogen and oxygen atoms in total. The molecule has 0 unspecified atom stereocenters. The van der Waals surface area contributed by atoms with E-state index in [1.807, 2.05) is 7.11 Å². The minimum atomic E-state index is 0.0438. The third-order valence-electron chi connectivity index (χ3n) is 4.09. The highest BCUT2D eigenvalue weighted by Crippen LogP contribution is 2.29. The molecule has 0 aliphatic carbocycles. The number of rotatable bonds is 3. The third-order valence-corrected chi connectivity index (χ3v) is 4.09. The Kier molecular flexibility index (Phi) is 3.85. The van der Waals surface area contributed by atoms with Crippen molar-refractivity contribution in [3.05, 3.63) is 34.9 Å². The Hall–Kier alpha value is -0.860. The van der Waals surface area contributed by atoms with Crippen LogP contribution in [0.1, 0.15) is 29.5 Å². The molecule has 1 aliphatic rings. The van der Waals surface area contributed by atoms with Crippen LogP contribution in [-0.2, 0) is 11.2 Å². The lowest BCUT2D eigenvalue weighted by molar-refractivity contribution is -0.0335. The van der Waals surface area contributed by atoms with E-state index in [2.05, 4.69) is 37.4 Å². The number of methoxy groups -OCH3 is 1. The van der Waals surface area contributed by atoms with Gasteiger partial charge in [0.1, 0.15) is 0 Å². The summed E-state index contributed by atoms with van der Waals surface area (Å²) in [4.78, 5) is 0. The van der Waals surface area contributed by atoms with Crippen LogP contribution in [0.15, 0.2) is 18.2 Å². The maximum atomic E-state index is 5.85. The number of hydrogen-bond acceptors (Lipinski definition) is 2. The fourth-order valence-corrected chi connectivity index (χ4v) is 2.79. The van der Waals surface area contributed by atoms with Gasteiger partial charge in [-0.05, 0) is 56.5 Å². The zero-order valence-corrected chi connectivity index (χ0v) is 11.2. The summed E-state index contributed by atoms with van der Waals surface area (Å²) in [5.74, 6) is 0. The highest BCUT2D eigenvalue weighted by Gasteiger charge is 2.32. The second kappa shape index (κ2) is 5.19. The number of benzene rings is 1. The molecule has 1 aliphatic heterocycles. The van der Waals surface area contributed by atoms with Crippen molar-refractivity contribution < 1.29 is 4.74 Å². The predicted octanol–water partition coefficient (Wildman–Crippen LogP) is 2.61. The Morgan fingerprint density at radius 3 is 2.29 bits per heavy atom. The van der Waals surface area contributed by atoms with Gasteiger partial charge in [0, 0.05) is 13.5 Å². The smallest absolute Gasteiger partial charge is 0.0743 e. The van der Waals surface area contributed by atoms with Crippen LogP contribution in [0.4, 0.5) is 0 Å². The van der Waals surface area contributed by atoms with Gasteiger partial charge in [0.2, 0.25) is 0 Å². The second-order valence-electron chi connectivity index (χ2n) is 5.18. The number of aryl methyl sites for hydroxylation is 2. The Balaban J connectivity index is 2.23.